The quantitative estimate of drug-likeness (QED) is 0.638. The molecule has 2 rings (SSSR count). The van der Waals surface area contributed by atoms with Crippen LogP contribution in [0.25, 0.3) is 0 Å². The molecule has 0 saturated carbocycles. The molecule has 8 heteroatoms. The number of esters is 1. The molecule has 0 saturated heterocycles. The van der Waals surface area contributed by atoms with Gasteiger partial charge in [-0.05, 0) is 45.4 Å². The number of nitrogens with one attached hydrogen (secondary N) is 1. The van der Waals surface area contributed by atoms with E-state index in [1.807, 2.05) is 19.9 Å². The lowest BCUT2D eigenvalue weighted by molar-refractivity contribution is -0.119. The van der Waals surface area contributed by atoms with E-state index >= 15 is 0 Å². The number of carbonyl (C=O) groups is 2. The molecule has 0 atom stereocenters. The third-order valence-electron chi connectivity index (χ3n) is 4.03. The number of amides is 1. The van der Waals surface area contributed by atoms with Crippen LogP contribution in [0.1, 0.15) is 47.5 Å². The van der Waals surface area contributed by atoms with Crippen molar-refractivity contribution in [3.8, 4) is 17.6 Å². The SMILES string of the molecule is CCCOc1ccc(C(=O)OCC(=O)Nc2oc(C)c(C)c2C#N)cc1OCC. The number of aryl methyl sites for hydroxylation is 1. The van der Waals surface area contributed by atoms with Gasteiger partial charge in [-0.25, -0.2) is 4.79 Å². The molecule has 0 aliphatic carbocycles. The number of nitrogens with zero attached hydrogens (tertiary/aromatic N) is 1. The van der Waals surface area contributed by atoms with Crippen molar-refractivity contribution in [2.75, 3.05) is 25.1 Å². The number of ether oxygens (including phenoxy) is 3. The van der Waals surface area contributed by atoms with E-state index in [1.165, 1.54) is 6.07 Å². The van der Waals surface area contributed by atoms with Gasteiger partial charge in [0.2, 0.25) is 5.88 Å². The van der Waals surface area contributed by atoms with Crippen LogP contribution in [-0.2, 0) is 9.53 Å². The molecule has 0 spiro atoms. The third kappa shape index (κ3) is 5.51. The maximum atomic E-state index is 12.3. The van der Waals surface area contributed by atoms with Gasteiger partial charge < -0.3 is 18.6 Å². The van der Waals surface area contributed by atoms with Crippen molar-refractivity contribution in [3.63, 3.8) is 0 Å². The van der Waals surface area contributed by atoms with Gasteiger partial charge in [-0.1, -0.05) is 6.92 Å². The fraction of sp³-hybridized carbons (Fsp3) is 0.381. The highest BCUT2D eigenvalue weighted by Gasteiger charge is 2.18. The summed E-state index contributed by atoms with van der Waals surface area (Å²) in [5, 5.41) is 11.6. The molecule has 154 valence electrons. The summed E-state index contributed by atoms with van der Waals surface area (Å²) in [7, 11) is 0. The Morgan fingerprint density at radius 2 is 1.93 bits per heavy atom. The number of hydrogen-bond acceptors (Lipinski definition) is 7. The van der Waals surface area contributed by atoms with E-state index in [9.17, 15) is 9.59 Å². The Morgan fingerprint density at radius 3 is 2.59 bits per heavy atom. The average Bonchev–Trinajstić information content (AvgIpc) is 2.97. The molecule has 2 aromatic rings. The largest absolute Gasteiger partial charge is 0.490 e. The van der Waals surface area contributed by atoms with Crippen LogP contribution in [0, 0.1) is 25.2 Å². The van der Waals surface area contributed by atoms with E-state index in [-0.39, 0.29) is 17.0 Å². The minimum absolute atomic E-state index is 0.0413. The first-order valence-electron chi connectivity index (χ1n) is 9.27. The Labute approximate surface area is 169 Å². The first-order chi connectivity index (χ1) is 13.9. The number of anilines is 1. The van der Waals surface area contributed by atoms with Gasteiger partial charge in [0, 0.05) is 5.56 Å². The molecule has 0 radical (unpaired) electrons. The molecule has 0 aliphatic heterocycles. The lowest BCUT2D eigenvalue weighted by atomic mass is 10.2. The van der Waals surface area contributed by atoms with Gasteiger partial charge in [0.25, 0.3) is 5.91 Å². The second kappa shape index (κ2) is 10.2. The molecular weight excluding hydrogens is 376 g/mol. The highest BCUT2D eigenvalue weighted by atomic mass is 16.5. The number of nitriles is 1. The van der Waals surface area contributed by atoms with Gasteiger partial charge in [0.1, 0.15) is 17.4 Å². The van der Waals surface area contributed by atoms with Crippen LogP contribution in [0.5, 0.6) is 11.5 Å². The van der Waals surface area contributed by atoms with Crippen LogP contribution in [0.3, 0.4) is 0 Å². The van der Waals surface area contributed by atoms with Crippen LogP contribution in [0.15, 0.2) is 22.6 Å². The Morgan fingerprint density at radius 1 is 1.17 bits per heavy atom. The van der Waals surface area contributed by atoms with E-state index in [0.29, 0.717) is 36.0 Å². The van der Waals surface area contributed by atoms with E-state index < -0.39 is 18.5 Å². The molecule has 8 nitrogen and oxygen atoms in total. The summed E-state index contributed by atoms with van der Waals surface area (Å²) in [6.07, 6.45) is 0.840. The predicted molar refractivity (Wildman–Crippen MR) is 105 cm³/mol. The van der Waals surface area contributed by atoms with Crippen molar-refractivity contribution in [3.05, 3.63) is 40.6 Å². The van der Waals surface area contributed by atoms with Crippen LogP contribution in [0.2, 0.25) is 0 Å². The Hall–Kier alpha value is -3.47. The second-order valence-corrected chi connectivity index (χ2v) is 6.17. The van der Waals surface area contributed by atoms with Gasteiger partial charge in [-0.2, -0.15) is 5.26 Å². The van der Waals surface area contributed by atoms with Gasteiger partial charge in [0.15, 0.2) is 18.1 Å². The van der Waals surface area contributed by atoms with Crippen molar-refractivity contribution < 1.29 is 28.2 Å². The smallest absolute Gasteiger partial charge is 0.338 e. The number of hydrogen-bond donors (Lipinski definition) is 1. The maximum Gasteiger partial charge on any atom is 0.338 e. The Bertz CT molecular complexity index is 926. The first kappa shape index (κ1) is 21.8. The molecule has 1 N–H and O–H groups in total. The summed E-state index contributed by atoms with van der Waals surface area (Å²) < 4.78 is 21.5. The summed E-state index contributed by atoms with van der Waals surface area (Å²) in [6.45, 7) is 7.63. The molecule has 1 aromatic carbocycles. The van der Waals surface area contributed by atoms with Crippen molar-refractivity contribution >= 4 is 17.8 Å². The topological polar surface area (TPSA) is 111 Å². The van der Waals surface area contributed by atoms with Crippen molar-refractivity contribution in [1.29, 1.82) is 5.26 Å². The van der Waals surface area contributed by atoms with Crippen LogP contribution < -0.4 is 14.8 Å². The number of furan rings is 1. The summed E-state index contributed by atoms with van der Waals surface area (Å²) in [5.41, 5.74) is 1.12. The van der Waals surface area contributed by atoms with E-state index in [1.54, 1.807) is 26.0 Å². The maximum absolute atomic E-state index is 12.3. The molecule has 29 heavy (non-hydrogen) atoms. The molecule has 1 heterocycles. The molecule has 0 bridgehead atoms. The molecule has 1 aromatic heterocycles. The summed E-state index contributed by atoms with van der Waals surface area (Å²) >= 11 is 0. The molecular formula is C21H24N2O6. The van der Waals surface area contributed by atoms with Crippen LogP contribution in [0.4, 0.5) is 5.88 Å². The third-order valence-corrected chi connectivity index (χ3v) is 4.03. The lowest BCUT2D eigenvalue weighted by Crippen LogP contribution is -2.21. The molecule has 1 amide bonds. The fourth-order valence-corrected chi connectivity index (χ4v) is 2.46. The minimum atomic E-state index is -0.685. The van der Waals surface area contributed by atoms with E-state index in [0.717, 1.165) is 6.42 Å². The summed E-state index contributed by atoms with van der Waals surface area (Å²) in [5.74, 6) is 0.241. The van der Waals surface area contributed by atoms with Crippen molar-refractivity contribution in [2.24, 2.45) is 0 Å². The standard InChI is InChI=1S/C21H24N2O6/c1-5-9-27-17-8-7-15(10-18(17)26-6-2)21(25)28-12-19(24)23-20-16(11-22)13(3)14(4)29-20/h7-8,10H,5-6,9,12H2,1-4H3,(H,23,24). The highest BCUT2D eigenvalue weighted by molar-refractivity contribution is 5.95. The molecule has 0 aliphatic rings. The van der Waals surface area contributed by atoms with Gasteiger partial charge >= 0.3 is 5.97 Å². The number of benzene rings is 1. The normalized spacial score (nSPS) is 10.2. The first-order valence-corrected chi connectivity index (χ1v) is 9.27. The Balaban J connectivity index is 2.01. The molecule has 0 fully saturated rings. The predicted octanol–water partition coefficient (Wildman–Crippen LogP) is 3.75. The van der Waals surface area contributed by atoms with Crippen LogP contribution in [-0.4, -0.2) is 31.7 Å². The number of rotatable bonds is 9. The van der Waals surface area contributed by atoms with Gasteiger partial charge in [0.05, 0.1) is 18.8 Å². The minimum Gasteiger partial charge on any atom is -0.490 e. The summed E-state index contributed by atoms with van der Waals surface area (Å²) in [4.78, 5) is 24.4. The number of carbonyl (C=O) groups excluding carboxylic acids is 2. The Kier molecular flexibility index (Phi) is 7.66. The zero-order valence-electron chi connectivity index (χ0n) is 17.0. The lowest BCUT2D eigenvalue weighted by Gasteiger charge is -2.12. The monoisotopic (exact) mass is 400 g/mol. The second-order valence-electron chi connectivity index (χ2n) is 6.17. The fourth-order valence-electron chi connectivity index (χ4n) is 2.46. The van der Waals surface area contributed by atoms with E-state index in [2.05, 4.69) is 5.32 Å². The highest BCUT2D eigenvalue weighted by Crippen LogP contribution is 2.29. The van der Waals surface area contributed by atoms with Gasteiger partial charge in [-0.15, -0.1) is 0 Å². The van der Waals surface area contributed by atoms with Crippen molar-refractivity contribution in [2.45, 2.75) is 34.1 Å². The molecule has 0 unspecified atom stereocenters. The van der Waals surface area contributed by atoms with Crippen molar-refractivity contribution in [1.82, 2.24) is 0 Å². The zero-order valence-corrected chi connectivity index (χ0v) is 17.0. The van der Waals surface area contributed by atoms with Crippen LogP contribution >= 0.6 is 0 Å². The zero-order chi connectivity index (χ0) is 21.4. The summed E-state index contributed by atoms with van der Waals surface area (Å²) in [6, 6.07) is 6.66. The van der Waals surface area contributed by atoms with Gasteiger partial charge in [-0.3, -0.25) is 10.1 Å². The van der Waals surface area contributed by atoms with E-state index in [4.69, 9.17) is 23.9 Å². The average molecular weight is 400 g/mol.